The molecule has 5 rings (SSSR count). The minimum absolute atomic E-state index is 0.132. The first kappa shape index (κ1) is 20.9. The Morgan fingerprint density at radius 2 is 1.84 bits per heavy atom. The molecule has 32 heavy (non-hydrogen) atoms. The number of fused-ring (bicyclic) bond motifs is 1. The molecule has 1 fully saturated rings. The van der Waals surface area contributed by atoms with Gasteiger partial charge >= 0.3 is 0 Å². The molecule has 1 aromatic heterocycles. The van der Waals surface area contributed by atoms with Crippen molar-refractivity contribution in [2.75, 3.05) is 25.2 Å². The second-order valence-corrected chi connectivity index (χ2v) is 10.3. The Morgan fingerprint density at radius 3 is 2.69 bits per heavy atom. The molecule has 166 valence electrons. The first-order chi connectivity index (χ1) is 15.5. The van der Waals surface area contributed by atoms with Crippen LogP contribution in [0.2, 0.25) is 0 Å². The number of carbonyl (C=O) groups excluding carboxylic acids is 1. The molecule has 0 atom stereocenters. The number of carbonyl (C=O) groups is 1. The van der Waals surface area contributed by atoms with Gasteiger partial charge in [0.05, 0.1) is 10.6 Å². The van der Waals surface area contributed by atoms with Crippen LogP contribution in [-0.4, -0.2) is 43.5 Å². The molecule has 0 bridgehead atoms. The summed E-state index contributed by atoms with van der Waals surface area (Å²) < 4.78 is 38.1. The SMILES string of the molecule is O=C(Nc1nc(-c2ccc3c(c2)OCO3)cs1)c1cccc(S(=O)(=O)N2CCCCC2)c1. The van der Waals surface area contributed by atoms with E-state index in [2.05, 4.69) is 10.3 Å². The molecule has 0 radical (unpaired) electrons. The van der Waals surface area contributed by atoms with Crippen molar-refractivity contribution in [1.82, 2.24) is 9.29 Å². The van der Waals surface area contributed by atoms with E-state index in [0.29, 0.717) is 35.4 Å². The molecule has 1 N–H and O–H groups in total. The second kappa shape index (κ2) is 8.53. The number of rotatable bonds is 5. The summed E-state index contributed by atoms with van der Waals surface area (Å²) in [5.41, 5.74) is 1.81. The Balaban J connectivity index is 1.32. The molecule has 1 saturated heterocycles. The smallest absolute Gasteiger partial charge is 0.257 e. The van der Waals surface area contributed by atoms with Crippen LogP contribution < -0.4 is 14.8 Å². The fourth-order valence-corrected chi connectivity index (χ4v) is 6.02. The minimum atomic E-state index is -3.61. The standard InChI is InChI=1S/C22H21N3O5S2/c26-21(16-5-4-6-17(11-16)32(27,28)25-9-2-1-3-10-25)24-22-23-18(13-31-22)15-7-8-19-20(12-15)30-14-29-19/h4-8,11-13H,1-3,9-10,14H2,(H,23,24,26). The van der Waals surface area contributed by atoms with E-state index >= 15 is 0 Å². The Bertz CT molecular complexity index is 1270. The van der Waals surface area contributed by atoms with Crippen LogP contribution in [0.4, 0.5) is 5.13 Å². The molecule has 10 heteroatoms. The molecule has 8 nitrogen and oxygen atoms in total. The number of benzene rings is 2. The second-order valence-electron chi connectivity index (χ2n) is 7.55. The third-order valence-corrected chi connectivity index (χ3v) is 8.09. The average molecular weight is 472 g/mol. The van der Waals surface area contributed by atoms with Crippen molar-refractivity contribution < 1.29 is 22.7 Å². The summed E-state index contributed by atoms with van der Waals surface area (Å²) in [5.74, 6) is 0.942. The van der Waals surface area contributed by atoms with Crippen molar-refractivity contribution in [1.29, 1.82) is 0 Å². The lowest BCUT2D eigenvalue weighted by Gasteiger charge is -2.26. The van der Waals surface area contributed by atoms with Gasteiger partial charge in [0.25, 0.3) is 5.91 Å². The van der Waals surface area contributed by atoms with Gasteiger partial charge in [-0.25, -0.2) is 13.4 Å². The Kier molecular flexibility index (Phi) is 5.58. The van der Waals surface area contributed by atoms with Crippen molar-refractivity contribution in [3.8, 4) is 22.8 Å². The summed E-state index contributed by atoms with van der Waals surface area (Å²) in [6.07, 6.45) is 2.75. The van der Waals surface area contributed by atoms with Crippen LogP contribution in [0.3, 0.4) is 0 Å². The lowest BCUT2D eigenvalue weighted by atomic mass is 10.1. The molecule has 3 aromatic rings. The quantitative estimate of drug-likeness (QED) is 0.605. The molecule has 2 aliphatic heterocycles. The maximum atomic E-state index is 12.9. The first-order valence-corrected chi connectivity index (χ1v) is 12.6. The summed E-state index contributed by atoms with van der Waals surface area (Å²) in [6.45, 7) is 1.23. The highest BCUT2D eigenvalue weighted by Crippen LogP contribution is 2.36. The highest BCUT2D eigenvalue weighted by atomic mass is 32.2. The van der Waals surface area contributed by atoms with Crippen molar-refractivity contribution in [3.05, 3.63) is 53.4 Å². The number of hydrogen-bond donors (Lipinski definition) is 1. The molecular formula is C22H21N3O5S2. The number of aromatic nitrogens is 1. The van der Waals surface area contributed by atoms with Gasteiger partial charge in [0.2, 0.25) is 16.8 Å². The Hall–Kier alpha value is -2.95. The number of hydrogen-bond acceptors (Lipinski definition) is 7. The number of nitrogens with zero attached hydrogens (tertiary/aromatic N) is 2. The molecule has 1 amide bonds. The van der Waals surface area contributed by atoms with E-state index in [9.17, 15) is 13.2 Å². The van der Waals surface area contributed by atoms with Gasteiger partial charge in [0.1, 0.15) is 0 Å². The third-order valence-electron chi connectivity index (χ3n) is 5.44. The van der Waals surface area contributed by atoms with Gasteiger partial charge in [-0.3, -0.25) is 10.1 Å². The van der Waals surface area contributed by atoms with E-state index in [-0.39, 0.29) is 17.3 Å². The molecule has 0 unspecified atom stereocenters. The summed E-state index contributed by atoms with van der Waals surface area (Å²) in [5, 5.41) is 5.02. The fourth-order valence-electron chi connectivity index (χ4n) is 3.74. The van der Waals surface area contributed by atoms with Gasteiger partial charge in [0.15, 0.2) is 16.6 Å². The molecule has 0 saturated carbocycles. The van der Waals surface area contributed by atoms with E-state index in [1.54, 1.807) is 12.1 Å². The third kappa shape index (κ3) is 4.08. The van der Waals surface area contributed by atoms with Gasteiger partial charge in [-0.1, -0.05) is 12.5 Å². The first-order valence-electron chi connectivity index (χ1n) is 10.3. The van der Waals surface area contributed by atoms with Crippen LogP contribution in [-0.2, 0) is 10.0 Å². The summed E-state index contributed by atoms with van der Waals surface area (Å²) in [4.78, 5) is 17.4. The Morgan fingerprint density at radius 1 is 1.03 bits per heavy atom. The zero-order valence-corrected chi connectivity index (χ0v) is 18.7. The van der Waals surface area contributed by atoms with E-state index < -0.39 is 15.9 Å². The predicted molar refractivity (Wildman–Crippen MR) is 121 cm³/mol. The lowest BCUT2D eigenvalue weighted by molar-refractivity contribution is 0.102. The largest absolute Gasteiger partial charge is 0.454 e. The fraction of sp³-hybridized carbons (Fsp3) is 0.273. The minimum Gasteiger partial charge on any atom is -0.454 e. The number of nitrogens with one attached hydrogen (secondary N) is 1. The van der Waals surface area contributed by atoms with Crippen molar-refractivity contribution in [2.45, 2.75) is 24.2 Å². The van der Waals surface area contributed by atoms with Gasteiger partial charge in [-0.05, 0) is 49.2 Å². The van der Waals surface area contributed by atoms with Crippen LogP contribution in [0.15, 0.2) is 52.7 Å². The van der Waals surface area contributed by atoms with E-state index in [1.165, 1.54) is 27.8 Å². The van der Waals surface area contributed by atoms with Crippen LogP contribution in [0.25, 0.3) is 11.3 Å². The van der Waals surface area contributed by atoms with E-state index in [0.717, 1.165) is 24.8 Å². The molecule has 0 aliphatic carbocycles. The molecule has 2 aromatic carbocycles. The van der Waals surface area contributed by atoms with Crippen molar-refractivity contribution in [2.24, 2.45) is 0 Å². The summed E-state index contributed by atoms with van der Waals surface area (Å²) in [6, 6.07) is 11.7. The number of ether oxygens (including phenoxy) is 2. The van der Waals surface area contributed by atoms with Crippen LogP contribution in [0.5, 0.6) is 11.5 Å². The maximum Gasteiger partial charge on any atom is 0.257 e. The van der Waals surface area contributed by atoms with E-state index in [1.807, 2.05) is 23.6 Å². The highest BCUT2D eigenvalue weighted by molar-refractivity contribution is 7.89. The van der Waals surface area contributed by atoms with Crippen LogP contribution in [0.1, 0.15) is 29.6 Å². The zero-order chi connectivity index (χ0) is 22.1. The van der Waals surface area contributed by atoms with Gasteiger partial charge in [0, 0.05) is 29.6 Å². The maximum absolute atomic E-state index is 12.9. The average Bonchev–Trinajstić information content (AvgIpc) is 3.48. The number of piperidine rings is 1. The predicted octanol–water partition coefficient (Wildman–Crippen LogP) is 3.97. The van der Waals surface area contributed by atoms with Gasteiger partial charge in [-0.2, -0.15) is 4.31 Å². The summed E-state index contributed by atoms with van der Waals surface area (Å²) >= 11 is 1.29. The number of anilines is 1. The van der Waals surface area contributed by atoms with Crippen molar-refractivity contribution in [3.63, 3.8) is 0 Å². The monoisotopic (exact) mass is 471 g/mol. The number of amides is 1. The van der Waals surface area contributed by atoms with Gasteiger partial charge in [-0.15, -0.1) is 11.3 Å². The van der Waals surface area contributed by atoms with Gasteiger partial charge < -0.3 is 9.47 Å². The van der Waals surface area contributed by atoms with Crippen LogP contribution >= 0.6 is 11.3 Å². The topological polar surface area (TPSA) is 97.8 Å². The van der Waals surface area contributed by atoms with Crippen LogP contribution in [0, 0.1) is 0 Å². The molecule has 3 heterocycles. The normalized spacial score (nSPS) is 16.1. The van der Waals surface area contributed by atoms with Crippen molar-refractivity contribution >= 4 is 32.4 Å². The van der Waals surface area contributed by atoms with E-state index in [4.69, 9.17) is 9.47 Å². The molecule has 0 spiro atoms. The highest BCUT2D eigenvalue weighted by Gasteiger charge is 2.26. The molecular weight excluding hydrogens is 450 g/mol. The Labute approximate surface area is 189 Å². The lowest BCUT2D eigenvalue weighted by Crippen LogP contribution is -2.35. The molecule has 2 aliphatic rings. The number of thiazole rings is 1. The summed E-state index contributed by atoms with van der Waals surface area (Å²) in [7, 11) is -3.61. The number of sulfonamides is 1. The zero-order valence-electron chi connectivity index (χ0n) is 17.1.